The number of furan rings is 1. The number of carboxylic acids is 1. The van der Waals surface area contributed by atoms with Gasteiger partial charge >= 0.3 is 5.97 Å². The number of nitrogens with one attached hydrogen (secondary N) is 1. The van der Waals surface area contributed by atoms with Gasteiger partial charge in [0.15, 0.2) is 11.5 Å². The van der Waals surface area contributed by atoms with E-state index in [1.54, 1.807) is 24.3 Å². The number of rotatable bonds is 5. The Labute approximate surface area is 190 Å². The highest BCUT2D eigenvalue weighted by atomic mass is 16.6. The second-order valence-electron chi connectivity index (χ2n) is 8.65. The molecule has 0 radical (unpaired) electrons. The smallest absolute Gasteiger partial charge is 0.335 e. The van der Waals surface area contributed by atoms with E-state index in [9.17, 15) is 9.59 Å². The van der Waals surface area contributed by atoms with E-state index < -0.39 is 18.0 Å². The van der Waals surface area contributed by atoms with Crippen LogP contribution in [0.5, 0.6) is 11.5 Å². The van der Waals surface area contributed by atoms with Crippen LogP contribution in [0.3, 0.4) is 0 Å². The lowest BCUT2D eigenvalue weighted by molar-refractivity contribution is -0.130. The van der Waals surface area contributed by atoms with Gasteiger partial charge in [-0.3, -0.25) is 4.79 Å². The molecule has 0 aliphatic carbocycles. The summed E-state index contributed by atoms with van der Waals surface area (Å²) in [6.45, 7) is 6.37. The van der Waals surface area contributed by atoms with Crippen molar-refractivity contribution in [3.05, 3.63) is 71.5 Å². The highest BCUT2D eigenvalue weighted by Crippen LogP contribution is 2.36. The fraction of sp³-hybridized carbons (Fsp3) is 0.240. The molecule has 170 valence electrons. The summed E-state index contributed by atoms with van der Waals surface area (Å²) < 4.78 is 17.2. The van der Waals surface area contributed by atoms with E-state index in [0.29, 0.717) is 28.6 Å². The van der Waals surface area contributed by atoms with Gasteiger partial charge in [0.2, 0.25) is 6.10 Å². The molecule has 2 aromatic carbocycles. The molecule has 1 aromatic heterocycles. The largest absolute Gasteiger partial charge is 0.485 e. The Morgan fingerprint density at radius 3 is 2.67 bits per heavy atom. The summed E-state index contributed by atoms with van der Waals surface area (Å²) >= 11 is 0. The topological polar surface area (TPSA) is 110 Å². The molecule has 1 atom stereocenters. The predicted octanol–water partition coefficient (Wildman–Crippen LogP) is 4.23. The van der Waals surface area contributed by atoms with Crippen molar-refractivity contribution in [2.45, 2.75) is 32.3 Å². The van der Waals surface area contributed by atoms with Crippen molar-refractivity contribution in [3.8, 4) is 22.8 Å². The standard InChI is InChI=1S/C25H24N2O6/c1-25(2,3)17-7-9-20-21(12-17)33-22(14-31-20)23(28)27-26-13-18-8-10-19(32-18)15-5-4-6-16(11-15)24(29)30/h4-13,22H,14H2,1-3H3,(H,27,28)(H,29,30)/b26-13+. The van der Waals surface area contributed by atoms with Crippen LogP contribution in [-0.2, 0) is 10.2 Å². The molecule has 0 saturated heterocycles. The Bertz CT molecular complexity index is 1220. The highest BCUT2D eigenvalue weighted by Gasteiger charge is 2.28. The van der Waals surface area contributed by atoms with Crippen LogP contribution in [0.2, 0.25) is 0 Å². The lowest BCUT2D eigenvalue weighted by Crippen LogP contribution is -2.42. The lowest BCUT2D eigenvalue weighted by Gasteiger charge is -2.27. The van der Waals surface area contributed by atoms with E-state index in [0.717, 1.165) is 5.56 Å². The average molecular weight is 448 g/mol. The molecule has 0 saturated carbocycles. The van der Waals surface area contributed by atoms with Crippen LogP contribution in [-0.4, -0.2) is 35.9 Å². The summed E-state index contributed by atoms with van der Waals surface area (Å²) in [5.41, 5.74) is 4.24. The molecule has 2 N–H and O–H groups in total. The van der Waals surface area contributed by atoms with Crippen LogP contribution >= 0.6 is 0 Å². The van der Waals surface area contributed by atoms with Gasteiger partial charge in [0, 0.05) is 5.56 Å². The summed E-state index contributed by atoms with van der Waals surface area (Å²) in [7, 11) is 0. The molecule has 1 aliphatic rings. The predicted molar refractivity (Wildman–Crippen MR) is 122 cm³/mol. The number of hydrogen-bond acceptors (Lipinski definition) is 6. The summed E-state index contributed by atoms with van der Waals surface area (Å²) in [6, 6.07) is 15.5. The van der Waals surface area contributed by atoms with Gasteiger partial charge in [-0.2, -0.15) is 5.10 Å². The second kappa shape index (κ2) is 8.82. The Morgan fingerprint density at radius 1 is 1.09 bits per heavy atom. The van der Waals surface area contributed by atoms with Crippen LogP contribution in [0.15, 0.2) is 64.1 Å². The van der Waals surface area contributed by atoms with Crippen molar-refractivity contribution in [2.75, 3.05) is 6.61 Å². The van der Waals surface area contributed by atoms with Gasteiger partial charge in [-0.15, -0.1) is 0 Å². The summed E-state index contributed by atoms with van der Waals surface area (Å²) in [5, 5.41) is 13.1. The maximum atomic E-state index is 12.5. The number of hydrazone groups is 1. The van der Waals surface area contributed by atoms with Gasteiger partial charge in [-0.05, 0) is 47.4 Å². The van der Waals surface area contributed by atoms with Crippen molar-refractivity contribution < 1.29 is 28.6 Å². The van der Waals surface area contributed by atoms with Crippen LogP contribution in [0.25, 0.3) is 11.3 Å². The van der Waals surface area contributed by atoms with E-state index in [4.69, 9.17) is 19.0 Å². The molecule has 0 fully saturated rings. The first-order valence-corrected chi connectivity index (χ1v) is 10.4. The summed E-state index contributed by atoms with van der Waals surface area (Å²) in [4.78, 5) is 23.6. The zero-order valence-electron chi connectivity index (χ0n) is 18.5. The molecular formula is C25H24N2O6. The molecular weight excluding hydrogens is 424 g/mol. The minimum absolute atomic E-state index is 0.0608. The van der Waals surface area contributed by atoms with Gasteiger partial charge in [-0.25, -0.2) is 10.2 Å². The van der Waals surface area contributed by atoms with E-state index in [1.807, 2.05) is 18.2 Å². The molecule has 1 amide bonds. The Hall–Kier alpha value is -4.07. The van der Waals surface area contributed by atoms with E-state index >= 15 is 0 Å². The fourth-order valence-electron chi connectivity index (χ4n) is 3.28. The van der Waals surface area contributed by atoms with Crippen LogP contribution < -0.4 is 14.9 Å². The van der Waals surface area contributed by atoms with Crippen LogP contribution in [0, 0.1) is 0 Å². The quantitative estimate of drug-likeness (QED) is 0.446. The van der Waals surface area contributed by atoms with Crippen LogP contribution in [0.4, 0.5) is 0 Å². The van der Waals surface area contributed by atoms with Crippen molar-refractivity contribution >= 4 is 18.1 Å². The zero-order chi connectivity index (χ0) is 23.6. The number of carbonyl (C=O) groups excluding carboxylic acids is 1. The van der Waals surface area contributed by atoms with Crippen LogP contribution in [0.1, 0.15) is 42.5 Å². The van der Waals surface area contributed by atoms with Gasteiger partial charge in [0.25, 0.3) is 5.91 Å². The Balaban J connectivity index is 1.38. The zero-order valence-corrected chi connectivity index (χ0v) is 18.5. The van der Waals surface area contributed by atoms with Crippen molar-refractivity contribution in [3.63, 3.8) is 0 Å². The lowest BCUT2D eigenvalue weighted by atomic mass is 9.87. The monoisotopic (exact) mass is 448 g/mol. The number of hydrogen-bond donors (Lipinski definition) is 2. The van der Waals surface area contributed by atoms with Gasteiger partial charge < -0.3 is 19.0 Å². The molecule has 1 aliphatic heterocycles. The molecule has 8 heteroatoms. The number of amides is 1. The number of aromatic carboxylic acids is 1. The van der Waals surface area contributed by atoms with E-state index in [1.165, 1.54) is 18.3 Å². The maximum Gasteiger partial charge on any atom is 0.335 e. The highest BCUT2D eigenvalue weighted by molar-refractivity contribution is 5.89. The van der Waals surface area contributed by atoms with Gasteiger partial charge in [-0.1, -0.05) is 39.0 Å². The van der Waals surface area contributed by atoms with Crippen molar-refractivity contribution in [2.24, 2.45) is 5.10 Å². The maximum absolute atomic E-state index is 12.5. The fourth-order valence-corrected chi connectivity index (χ4v) is 3.28. The SMILES string of the molecule is CC(C)(C)c1ccc2c(c1)OC(C(=O)N/N=C/c1ccc(-c3cccc(C(=O)O)c3)o1)CO2. The minimum atomic E-state index is -1.01. The van der Waals surface area contributed by atoms with Gasteiger partial charge in [0.1, 0.15) is 18.1 Å². The molecule has 1 unspecified atom stereocenters. The third-order valence-electron chi connectivity index (χ3n) is 5.15. The minimum Gasteiger partial charge on any atom is -0.485 e. The van der Waals surface area contributed by atoms with E-state index in [2.05, 4.69) is 31.3 Å². The first-order valence-electron chi connectivity index (χ1n) is 10.4. The normalized spacial score (nSPS) is 15.4. The summed E-state index contributed by atoms with van der Waals surface area (Å²) in [5.74, 6) is 0.550. The first-order chi connectivity index (χ1) is 15.7. The molecule has 4 rings (SSSR count). The number of carbonyl (C=O) groups is 2. The number of fused-ring (bicyclic) bond motifs is 1. The molecule has 8 nitrogen and oxygen atoms in total. The van der Waals surface area contributed by atoms with E-state index in [-0.39, 0.29) is 17.6 Å². The Kier molecular flexibility index (Phi) is 5.91. The second-order valence-corrected chi connectivity index (χ2v) is 8.65. The Morgan fingerprint density at radius 2 is 1.91 bits per heavy atom. The molecule has 3 aromatic rings. The van der Waals surface area contributed by atoms with Crippen molar-refractivity contribution in [1.29, 1.82) is 0 Å². The third kappa shape index (κ3) is 5.06. The van der Waals surface area contributed by atoms with Gasteiger partial charge in [0.05, 0.1) is 11.8 Å². The summed E-state index contributed by atoms with van der Waals surface area (Å²) in [6.07, 6.45) is 0.522. The third-order valence-corrected chi connectivity index (χ3v) is 5.15. The van der Waals surface area contributed by atoms with Crippen molar-refractivity contribution in [1.82, 2.24) is 5.43 Å². The molecule has 2 heterocycles. The number of benzene rings is 2. The molecule has 0 spiro atoms. The average Bonchev–Trinajstić information content (AvgIpc) is 3.26. The molecule has 0 bridgehead atoms. The number of nitrogens with zero attached hydrogens (tertiary/aromatic N) is 1. The number of ether oxygens (including phenoxy) is 2. The number of carboxylic acid groups (broad SMARTS) is 1. The first kappa shape index (κ1) is 22.1. The molecule has 33 heavy (non-hydrogen) atoms.